The Morgan fingerprint density at radius 1 is 0.667 bits per heavy atom. The van der Waals surface area contributed by atoms with Crippen molar-refractivity contribution in [3.05, 3.63) is 118 Å². The van der Waals surface area contributed by atoms with Crippen molar-refractivity contribution in [3.8, 4) is 24.0 Å². The third-order valence-electron chi connectivity index (χ3n) is 7.06. The quantitative estimate of drug-likeness (QED) is 0.249. The van der Waals surface area contributed by atoms with Crippen LogP contribution >= 0.6 is 0 Å². The van der Waals surface area contributed by atoms with Gasteiger partial charge in [0, 0.05) is 22.6 Å². The van der Waals surface area contributed by atoms with E-state index in [1.807, 2.05) is 36.4 Å². The third kappa shape index (κ3) is 5.37. The number of aryl methyl sites for hydroxylation is 2. The average Bonchev–Trinajstić information content (AvgIpc) is 3.00. The highest BCUT2D eigenvalue weighted by atomic mass is 16.5. The van der Waals surface area contributed by atoms with Crippen molar-refractivity contribution < 1.29 is 4.74 Å². The average molecular weight is 507 g/mol. The van der Waals surface area contributed by atoms with Crippen molar-refractivity contribution in [3.63, 3.8) is 0 Å². The molecule has 39 heavy (non-hydrogen) atoms. The highest BCUT2D eigenvalue weighted by Crippen LogP contribution is 2.37. The first kappa shape index (κ1) is 25.3. The summed E-state index contributed by atoms with van der Waals surface area (Å²) in [6.07, 6.45) is 8.35. The van der Waals surface area contributed by atoms with Crippen molar-refractivity contribution in [2.75, 3.05) is 12.0 Å². The van der Waals surface area contributed by atoms with Gasteiger partial charge in [0.2, 0.25) is 0 Å². The first-order chi connectivity index (χ1) is 19.1. The molecule has 5 heteroatoms. The Kier molecular flexibility index (Phi) is 7.40. The molecule has 0 aromatic heterocycles. The zero-order valence-electron chi connectivity index (χ0n) is 21.7. The molecule has 0 N–H and O–H groups in total. The van der Waals surface area contributed by atoms with Crippen LogP contribution < -0.4 is 9.64 Å². The van der Waals surface area contributed by atoms with Gasteiger partial charge in [-0.25, -0.2) is 0 Å². The van der Waals surface area contributed by atoms with Gasteiger partial charge in [-0.3, -0.25) is 0 Å². The number of nitriles is 3. The second kappa shape index (κ2) is 11.4. The van der Waals surface area contributed by atoms with Gasteiger partial charge in [0.05, 0.1) is 42.0 Å². The molecule has 0 unspecified atom stereocenters. The van der Waals surface area contributed by atoms with Gasteiger partial charge in [0.1, 0.15) is 5.75 Å². The van der Waals surface area contributed by atoms with E-state index in [1.165, 1.54) is 36.1 Å². The molecule has 4 aromatic carbocycles. The third-order valence-corrected chi connectivity index (χ3v) is 7.06. The van der Waals surface area contributed by atoms with Crippen LogP contribution in [-0.4, -0.2) is 7.11 Å². The largest absolute Gasteiger partial charge is 0.497 e. The number of hydrogen-bond donors (Lipinski definition) is 0. The zero-order chi connectivity index (χ0) is 27.2. The summed E-state index contributed by atoms with van der Waals surface area (Å²) in [4.78, 5) is 2.24. The second-order valence-corrected chi connectivity index (χ2v) is 9.44. The molecule has 5 rings (SSSR count). The number of nitrogens with zero attached hydrogens (tertiary/aromatic N) is 4. The van der Waals surface area contributed by atoms with Gasteiger partial charge in [-0.15, -0.1) is 0 Å². The lowest BCUT2D eigenvalue weighted by Crippen LogP contribution is -2.12. The van der Waals surface area contributed by atoms with Gasteiger partial charge in [0.15, 0.2) is 0 Å². The maximum atomic E-state index is 9.56. The Balaban J connectivity index is 1.50. The van der Waals surface area contributed by atoms with Crippen LogP contribution in [0, 0.1) is 34.0 Å². The van der Waals surface area contributed by atoms with Crippen molar-refractivity contribution in [2.45, 2.75) is 25.7 Å². The van der Waals surface area contributed by atoms with E-state index in [0.29, 0.717) is 22.3 Å². The summed E-state index contributed by atoms with van der Waals surface area (Å²) in [5, 5.41) is 28.3. The Labute approximate surface area is 229 Å². The molecule has 1 aliphatic rings. The molecule has 0 aliphatic heterocycles. The minimum atomic E-state index is 0.297. The number of rotatable bonds is 6. The van der Waals surface area contributed by atoms with Gasteiger partial charge >= 0.3 is 0 Å². The number of hydrogen-bond acceptors (Lipinski definition) is 5. The Morgan fingerprint density at radius 3 is 1.85 bits per heavy atom. The lowest BCUT2D eigenvalue weighted by molar-refractivity contribution is 0.415. The van der Waals surface area contributed by atoms with Crippen molar-refractivity contribution in [2.24, 2.45) is 0 Å². The predicted octanol–water partition coefficient (Wildman–Crippen LogP) is 7.83. The summed E-state index contributed by atoms with van der Waals surface area (Å²) in [7, 11) is 1.67. The Hall–Kier alpha value is -5.31. The van der Waals surface area contributed by atoms with Crippen LogP contribution in [0.5, 0.6) is 5.75 Å². The smallest absolute Gasteiger partial charge is 0.119 e. The monoisotopic (exact) mass is 506 g/mol. The first-order valence-corrected chi connectivity index (χ1v) is 12.9. The van der Waals surface area contributed by atoms with E-state index >= 15 is 0 Å². The van der Waals surface area contributed by atoms with Crippen LogP contribution in [0.2, 0.25) is 0 Å². The van der Waals surface area contributed by atoms with Gasteiger partial charge in [-0.05, 0) is 103 Å². The summed E-state index contributed by atoms with van der Waals surface area (Å²) >= 11 is 0. The van der Waals surface area contributed by atoms with Crippen molar-refractivity contribution in [1.29, 1.82) is 15.8 Å². The summed E-state index contributed by atoms with van der Waals surface area (Å²) in [5.41, 5.74) is 8.36. The van der Waals surface area contributed by atoms with E-state index in [2.05, 4.69) is 59.5 Å². The Morgan fingerprint density at radius 2 is 1.26 bits per heavy atom. The summed E-state index contributed by atoms with van der Waals surface area (Å²) in [6, 6.07) is 32.2. The van der Waals surface area contributed by atoms with Gasteiger partial charge in [-0.1, -0.05) is 30.4 Å². The molecule has 4 aromatic rings. The fraction of sp³-hybridized carbons (Fsp3) is 0.147. The highest BCUT2D eigenvalue weighted by Gasteiger charge is 2.16. The maximum Gasteiger partial charge on any atom is 0.119 e. The molecule has 0 bridgehead atoms. The van der Waals surface area contributed by atoms with Crippen LogP contribution in [0.1, 0.15) is 51.8 Å². The summed E-state index contributed by atoms with van der Waals surface area (Å²) in [5.74, 6) is 0.806. The van der Waals surface area contributed by atoms with Crippen molar-refractivity contribution in [1.82, 2.24) is 0 Å². The second-order valence-electron chi connectivity index (χ2n) is 9.44. The molecule has 0 spiro atoms. The van der Waals surface area contributed by atoms with Crippen LogP contribution in [-0.2, 0) is 12.8 Å². The summed E-state index contributed by atoms with van der Waals surface area (Å²) in [6.45, 7) is 0. The normalized spacial score (nSPS) is 12.2. The summed E-state index contributed by atoms with van der Waals surface area (Å²) < 4.78 is 5.38. The zero-order valence-corrected chi connectivity index (χ0v) is 21.7. The maximum absolute atomic E-state index is 9.56. The molecule has 0 amide bonds. The standard InChI is InChI=1S/C34H26N4O/c1-39-33-15-13-31(14-16-33)38(32-12-9-26-4-2-3-5-27(26)20-32)30-10-6-24(7-11-30)8-17-34-28(22-36)18-25(21-35)19-29(34)23-37/h6-20H,2-5H2,1H3. The van der Waals surface area contributed by atoms with Crippen LogP contribution in [0.15, 0.2) is 78.9 Å². The first-order valence-electron chi connectivity index (χ1n) is 12.9. The minimum Gasteiger partial charge on any atom is -0.497 e. The van der Waals surface area contributed by atoms with E-state index in [9.17, 15) is 15.8 Å². The number of anilines is 3. The van der Waals surface area contributed by atoms with E-state index < -0.39 is 0 Å². The fourth-order valence-corrected chi connectivity index (χ4v) is 5.03. The number of fused-ring (bicyclic) bond motifs is 1. The number of ether oxygens (including phenoxy) is 1. The molecule has 1 aliphatic carbocycles. The van der Waals surface area contributed by atoms with E-state index in [0.717, 1.165) is 41.2 Å². The lowest BCUT2D eigenvalue weighted by Gasteiger charge is -2.27. The van der Waals surface area contributed by atoms with Gasteiger partial charge in [-0.2, -0.15) is 15.8 Å². The number of benzene rings is 4. The molecule has 0 saturated heterocycles. The van der Waals surface area contributed by atoms with E-state index in [-0.39, 0.29) is 0 Å². The SMILES string of the molecule is COc1ccc(N(c2ccc(C=Cc3c(C#N)cc(C#N)cc3C#N)cc2)c2ccc3c(c2)CCCC3)cc1. The molecule has 0 fully saturated rings. The van der Waals surface area contributed by atoms with E-state index in [4.69, 9.17) is 4.74 Å². The van der Waals surface area contributed by atoms with Gasteiger partial charge in [0.25, 0.3) is 0 Å². The topological polar surface area (TPSA) is 83.8 Å². The van der Waals surface area contributed by atoms with E-state index in [1.54, 1.807) is 13.2 Å². The van der Waals surface area contributed by atoms with Gasteiger partial charge < -0.3 is 9.64 Å². The molecular weight excluding hydrogens is 480 g/mol. The Bertz CT molecular complexity index is 1630. The predicted molar refractivity (Wildman–Crippen MR) is 154 cm³/mol. The minimum absolute atomic E-state index is 0.297. The highest BCUT2D eigenvalue weighted by molar-refractivity contribution is 5.80. The molecule has 0 radical (unpaired) electrons. The molecule has 0 heterocycles. The van der Waals surface area contributed by atoms with Crippen LogP contribution in [0.4, 0.5) is 17.1 Å². The lowest BCUT2D eigenvalue weighted by atomic mass is 9.91. The fourth-order valence-electron chi connectivity index (χ4n) is 5.03. The molecule has 0 saturated carbocycles. The van der Waals surface area contributed by atoms with Crippen LogP contribution in [0.25, 0.3) is 12.2 Å². The van der Waals surface area contributed by atoms with Crippen LogP contribution in [0.3, 0.4) is 0 Å². The molecule has 188 valence electrons. The van der Waals surface area contributed by atoms with Crippen molar-refractivity contribution >= 4 is 29.2 Å². The number of methoxy groups -OCH3 is 1. The molecular formula is C34H26N4O. The molecule has 5 nitrogen and oxygen atoms in total. The molecule has 0 atom stereocenters.